The van der Waals surface area contributed by atoms with Crippen molar-refractivity contribution >= 4 is 17.5 Å². The summed E-state index contributed by atoms with van der Waals surface area (Å²) in [4.78, 5) is 28.3. The quantitative estimate of drug-likeness (QED) is 0.676. The molecule has 7 heteroatoms. The molecule has 1 aliphatic rings. The van der Waals surface area contributed by atoms with E-state index in [0.717, 1.165) is 25.2 Å². The van der Waals surface area contributed by atoms with E-state index < -0.39 is 0 Å². The minimum Gasteiger partial charge on any atom is -0.330 e. The van der Waals surface area contributed by atoms with E-state index in [9.17, 15) is 9.59 Å². The molecule has 1 saturated heterocycles. The van der Waals surface area contributed by atoms with Crippen molar-refractivity contribution in [1.82, 2.24) is 14.7 Å². The fourth-order valence-corrected chi connectivity index (χ4v) is 3.82. The molecule has 0 radical (unpaired) electrons. The zero-order valence-electron chi connectivity index (χ0n) is 16.6. The monoisotopic (exact) mass is 423 g/mol. The summed E-state index contributed by atoms with van der Waals surface area (Å²) in [6, 6.07) is 20.7. The first-order chi connectivity index (χ1) is 14.6. The summed E-state index contributed by atoms with van der Waals surface area (Å²) in [5, 5.41) is 5.02. The van der Waals surface area contributed by atoms with E-state index in [-0.39, 0.29) is 18.0 Å². The van der Waals surface area contributed by atoms with Gasteiger partial charge in [0.2, 0.25) is 5.91 Å². The lowest BCUT2D eigenvalue weighted by Gasteiger charge is -2.32. The Bertz CT molecular complexity index is 1060. The Morgan fingerprint density at radius 3 is 2.37 bits per heavy atom. The average molecular weight is 424 g/mol. The standard InChI is InChI=1S/C23H23ClN4O2/c24-20-8-6-19(7-9-20)21-10-11-22(29)28(25-21)17-23(30)27-14-12-26(13-15-27)16-18-4-2-1-3-5-18/h1-11H,12-17H2/p+1. The fraction of sp³-hybridized carbons (Fsp3) is 0.261. The van der Waals surface area contributed by atoms with E-state index in [1.54, 1.807) is 18.2 Å². The van der Waals surface area contributed by atoms with Gasteiger partial charge < -0.3 is 9.80 Å². The van der Waals surface area contributed by atoms with Crippen LogP contribution < -0.4 is 10.5 Å². The molecule has 2 aromatic carbocycles. The van der Waals surface area contributed by atoms with Crippen molar-refractivity contribution in [3.63, 3.8) is 0 Å². The van der Waals surface area contributed by atoms with Crippen LogP contribution in [0.15, 0.2) is 71.5 Å². The maximum Gasteiger partial charge on any atom is 0.267 e. The number of hydrogen-bond donors (Lipinski definition) is 1. The molecule has 2 heterocycles. The number of nitrogens with one attached hydrogen (secondary N) is 1. The van der Waals surface area contributed by atoms with Crippen LogP contribution in [0.5, 0.6) is 0 Å². The van der Waals surface area contributed by atoms with E-state index in [2.05, 4.69) is 29.4 Å². The van der Waals surface area contributed by atoms with Gasteiger partial charge in [-0.2, -0.15) is 5.10 Å². The van der Waals surface area contributed by atoms with E-state index in [4.69, 9.17) is 11.6 Å². The van der Waals surface area contributed by atoms with Crippen LogP contribution >= 0.6 is 11.6 Å². The largest absolute Gasteiger partial charge is 0.330 e. The fourth-order valence-electron chi connectivity index (χ4n) is 3.70. The molecule has 0 spiro atoms. The molecule has 3 aromatic rings. The van der Waals surface area contributed by atoms with Crippen LogP contribution in [-0.2, 0) is 17.9 Å². The summed E-state index contributed by atoms with van der Waals surface area (Å²) in [7, 11) is 0. The van der Waals surface area contributed by atoms with Crippen LogP contribution in [0.4, 0.5) is 0 Å². The van der Waals surface area contributed by atoms with Gasteiger partial charge in [-0.1, -0.05) is 54.1 Å². The molecule has 0 unspecified atom stereocenters. The first-order valence-corrected chi connectivity index (χ1v) is 10.5. The number of aromatic nitrogens is 2. The zero-order chi connectivity index (χ0) is 20.9. The van der Waals surface area contributed by atoms with Crippen LogP contribution in [0.1, 0.15) is 5.56 Å². The van der Waals surface area contributed by atoms with Crippen molar-refractivity contribution in [2.24, 2.45) is 0 Å². The van der Waals surface area contributed by atoms with Crippen LogP contribution in [0, 0.1) is 0 Å². The number of halogens is 1. The Balaban J connectivity index is 1.38. The maximum absolute atomic E-state index is 12.8. The van der Waals surface area contributed by atoms with Crippen molar-refractivity contribution < 1.29 is 9.69 Å². The summed E-state index contributed by atoms with van der Waals surface area (Å²) in [5.74, 6) is -0.0726. The number of nitrogens with zero attached hydrogens (tertiary/aromatic N) is 3. The van der Waals surface area contributed by atoms with E-state index in [1.807, 2.05) is 23.1 Å². The Kier molecular flexibility index (Phi) is 6.26. The molecular weight excluding hydrogens is 400 g/mol. The highest BCUT2D eigenvalue weighted by molar-refractivity contribution is 6.30. The lowest BCUT2D eigenvalue weighted by molar-refractivity contribution is -0.917. The molecule has 6 nitrogen and oxygen atoms in total. The Hall–Kier alpha value is -2.96. The molecule has 154 valence electrons. The molecule has 1 fully saturated rings. The van der Waals surface area contributed by atoms with Crippen molar-refractivity contribution in [3.05, 3.63) is 87.7 Å². The van der Waals surface area contributed by atoms with Gasteiger partial charge in [0.25, 0.3) is 5.56 Å². The normalized spacial score (nSPS) is 14.6. The third-order valence-corrected chi connectivity index (χ3v) is 5.66. The molecule has 0 aliphatic carbocycles. The second kappa shape index (κ2) is 9.24. The van der Waals surface area contributed by atoms with Gasteiger partial charge in [-0.3, -0.25) is 9.59 Å². The molecule has 1 amide bonds. The van der Waals surface area contributed by atoms with Gasteiger partial charge in [0.05, 0.1) is 31.9 Å². The molecule has 1 aromatic heterocycles. The van der Waals surface area contributed by atoms with Crippen LogP contribution in [0.2, 0.25) is 5.02 Å². The molecule has 30 heavy (non-hydrogen) atoms. The molecular formula is C23H24ClN4O2+. The number of carbonyl (C=O) groups is 1. The highest BCUT2D eigenvalue weighted by Crippen LogP contribution is 2.18. The average Bonchev–Trinajstić information content (AvgIpc) is 2.77. The van der Waals surface area contributed by atoms with Crippen molar-refractivity contribution in [2.45, 2.75) is 13.1 Å². The number of benzene rings is 2. The Morgan fingerprint density at radius 2 is 1.67 bits per heavy atom. The van der Waals surface area contributed by atoms with Gasteiger partial charge in [-0.15, -0.1) is 0 Å². The molecule has 0 saturated carbocycles. The van der Waals surface area contributed by atoms with Crippen molar-refractivity contribution in [1.29, 1.82) is 0 Å². The van der Waals surface area contributed by atoms with Gasteiger partial charge in [-0.25, -0.2) is 4.68 Å². The predicted octanol–water partition coefficient (Wildman–Crippen LogP) is 1.49. The molecule has 0 bridgehead atoms. The van der Waals surface area contributed by atoms with Crippen molar-refractivity contribution in [2.75, 3.05) is 26.2 Å². The molecule has 0 atom stereocenters. The van der Waals surface area contributed by atoms with Gasteiger partial charge in [0.1, 0.15) is 13.1 Å². The predicted molar refractivity (Wildman–Crippen MR) is 116 cm³/mol. The lowest BCUT2D eigenvalue weighted by atomic mass is 10.1. The summed E-state index contributed by atoms with van der Waals surface area (Å²) < 4.78 is 1.25. The third kappa shape index (κ3) is 4.96. The smallest absolute Gasteiger partial charge is 0.267 e. The van der Waals surface area contributed by atoms with Crippen molar-refractivity contribution in [3.8, 4) is 11.3 Å². The summed E-state index contributed by atoms with van der Waals surface area (Å²) >= 11 is 5.94. The minimum atomic E-state index is -0.283. The van der Waals surface area contributed by atoms with Gasteiger partial charge in [0.15, 0.2) is 0 Å². The second-order valence-electron chi connectivity index (χ2n) is 7.51. The number of quaternary nitrogens is 1. The second-order valence-corrected chi connectivity index (χ2v) is 7.95. The van der Waals surface area contributed by atoms with Crippen LogP contribution in [0.25, 0.3) is 11.3 Å². The molecule has 1 aliphatic heterocycles. The molecule has 4 rings (SSSR count). The molecule has 1 N–H and O–H groups in total. The highest BCUT2D eigenvalue weighted by Gasteiger charge is 2.24. The number of rotatable bonds is 5. The Labute approximate surface area is 180 Å². The highest BCUT2D eigenvalue weighted by atomic mass is 35.5. The SMILES string of the molecule is O=C(Cn1nc(-c2ccc(Cl)cc2)ccc1=O)N1CC[NH+](Cc2ccccc2)CC1. The maximum atomic E-state index is 12.8. The van der Waals surface area contributed by atoms with E-state index in [1.165, 1.54) is 21.2 Å². The van der Waals surface area contributed by atoms with E-state index >= 15 is 0 Å². The minimum absolute atomic E-state index is 0.0473. The van der Waals surface area contributed by atoms with Gasteiger partial charge in [-0.05, 0) is 18.2 Å². The summed E-state index contributed by atoms with van der Waals surface area (Å²) in [6.45, 7) is 4.09. The van der Waals surface area contributed by atoms with Crippen LogP contribution in [-0.4, -0.2) is 46.8 Å². The number of hydrogen-bond acceptors (Lipinski definition) is 3. The van der Waals surface area contributed by atoms with Gasteiger partial charge >= 0.3 is 0 Å². The number of carbonyl (C=O) groups excluding carboxylic acids is 1. The zero-order valence-corrected chi connectivity index (χ0v) is 17.4. The number of amides is 1. The lowest BCUT2D eigenvalue weighted by Crippen LogP contribution is -3.13. The number of piperazine rings is 1. The Morgan fingerprint density at radius 1 is 0.967 bits per heavy atom. The first-order valence-electron chi connectivity index (χ1n) is 10.1. The van der Waals surface area contributed by atoms with E-state index in [0.29, 0.717) is 23.8 Å². The summed E-state index contributed by atoms with van der Waals surface area (Å²) in [5.41, 5.74) is 2.51. The van der Waals surface area contributed by atoms with Crippen LogP contribution in [0.3, 0.4) is 0 Å². The first kappa shape index (κ1) is 20.3. The summed E-state index contributed by atoms with van der Waals surface area (Å²) in [6.07, 6.45) is 0. The third-order valence-electron chi connectivity index (χ3n) is 5.41. The van der Waals surface area contributed by atoms with Gasteiger partial charge in [0, 0.05) is 22.2 Å². The topological polar surface area (TPSA) is 59.6 Å².